The van der Waals surface area contributed by atoms with Gasteiger partial charge in [-0.25, -0.2) is 4.98 Å². The fourth-order valence-electron chi connectivity index (χ4n) is 1.61. The van der Waals surface area contributed by atoms with E-state index >= 15 is 0 Å². The highest BCUT2D eigenvalue weighted by Gasteiger charge is 2.08. The molecule has 1 aromatic rings. The van der Waals surface area contributed by atoms with E-state index in [-0.39, 0.29) is 5.91 Å². The molecule has 1 unspecified atom stereocenters. The van der Waals surface area contributed by atoms with Crippen LogP contribution in [0.3, 0.4) is 0 Å². The molecular formula is C13H21N3O2S. The summed E-state index contributed by atoms with van der Waals surface area (Å²) in [6.45, 7) is 2.54. The van der Waals surface area contributed by atoms with E-state index in [0.717, 1.165) is 18.5 Å². The zero-order valence-corrected chi connectivity index (χ0v) is 12.5. The minimum atomic E-state index is -0.806. The number of carbonyl (C=O) groups is 1. The van der Waals surface area contributed by atoms with Gasteiger partial charge in [0.05, 0.1) is 0 Å². The van der Waals surface area contributed by atoms with E-state index < -0.39 is 10.8 Å². The normalized spacial score (nSPS) is 11.9. The zero-order chi connectivity index (χ0) is 14.3. The van der Waals surface area contributed by atoms with E-state index in [1.54, 1.807) is 25.4 Å². The molecule has 1 amide bonds. The lowest BCUT2D eigenvalue weighted by molar-refractivity contribution is 0.0953. The number of anilines is 1. The van der Waals surface area contributed by atoms with E-state index in [1.807, 2.05) is 6.92 Å². The summed E-state index contributed by atoms with van der Waals surface area (Å²) in [4.78, 5) is 16.3. The fourth-order valence-corrected chi connectivity index (χ4v) is 2.16. The highest BCUT2D eigenvalue weighted by atomic mass is 32.2. The lowest BCUT2D eigenvalue weighted by atomic mass is 10.2. The number of hydrogen-bond donors (Lipinski definition) is 2. The Kier molecular flexibility index (Phi) is 6.49. The summed E-state index contributed by atoms with van der Waals surface area (Å²) < 4.78 is 10.9. The number of nitrogens with zero attached hydrogens (tertiary/aromatic N) is 1. The molecular weight excluding hydrogens is 262 g/mol. The second kappa shape index (κ2) is 7.89. The Morgan fingerprint density at radius 2 is 2.16 bits per heavy atom. The van der Waals surface area contributed by atoms with Gasteiger partial charge < -0.3 is 10.6 Å². The molecule has 0 aliphatic rings. The van der Waals surface area contributed by atoms with Crippen molar-refractivity contribution < 1.29 is 9.00 Å². The third-order valence-electron chi connectivity index (χ3n) is 2.65. The average Bonchev–Trinajstić information content (AvgIpc) is 2.42. The van der Waals surface area contributed by atoms with Crippen molar-refractivity contribution in [3.63, 3.8) is 0 Å². The molecule has 5 nitrogen and oxygen atoms in total. The maximum atomic E-state index is 12.0. The summed E-state index contributed by atoms with van der Waals surface area (Å²) in [5.41, 5.74) is 1.49. The summed E-state index contributed by atoms with van der Waals surface area (Å²) in [5.74, 6) is 1.19. The molecule has 0 radical (unpaired) electrons. The predicted molar refractivity (Wildman–Crippen MR) is 79.0 cm³/mol. The average molecular weight is 283 g/mol. The fraction of sp³-hybridized carbons (Fsp3) is 0.538. The molecule has 6 heteroatoms. The van der Waals surface area contributed by atoms with Crippen LogP contribution in [0.5, 0.6) is 0 Å². The van der Waals surface area contributed by atoms with E-state index in [2.05, 4.69) is 15.6 Å². The molecule has 0 aliphatic heterocycles. The summed E-state index contributed by atoms with van der Waals surface area (Å²) >= 11 is 0. The smallest absolute Gasteiger partial charge is 0.251 e. The predicted octanol–water partition coefficient (Wildman–Crippen LogP) is 1.18. The molecule has 0 aromatic carbocycles. The van der Waals surface area contributed by atoms with Crippen molar-refractivity contribution in [2.24, 2.45) is 0 Å². The van der Waals surface area contributed by atoms with Gasteiger partial charge in [-0.1, -0.05) is 6.92 Å². The van der Waals surface area contributed by atoms with Crippen LogP contribution < -0.4 is 10.6 Å². The van der Waals surface area contributed by atoms with Crippen molar-refractivity contribution in [2.45, 2.75) is 19.8 Å². The first-order chi connectivity index (χ1) is 9.06. The molecule has 0 fully saturated rings. The van der Waals surface area contributed by atoms with Gasteiger partial charge >= 0.3 is 0 Å². The van der Waals surface area contributed by atoms with Crippen molar-refractivity contribution in [1.82, 2.24) is 10.3 Å². The molecule has 1 aromatic heterocycles. The Morgan fingerprint density at radius 1 is 1.42 bits per heavy atom. The first-order valence-electron chi connectivity index (χ1n) is 6.33. The summed E-state index contributed by atoms with van der Waals surface area (Å²) in [5, 5.41) is 5.78. The number of carbonyl (C=O) groups excluding carboxylic acids is 1. The molecule has 1 heterocycles. The molecule has 1 rings (SSSR count). The SMILES string of the molecule is CCc1cc(C(=O)NCCCS(C)=O)cc(NC)n1. The number of rotatable bonds is 7. The van der Waals surface area contributed by atoms with Gasteiger partial charge in [-0.05, 0) is 25.0 Å². The Morgan fingerprint density at radius 3 is 2.74 bits per heavy atom. The second-order valence-electron chi connectivity index (χ2n) is 4.22. The van der Waals surface area contributed by atoms with Crippen molar-refractivity contribution in [2.75, 3.05) is 30.9 Å². The highest BCUT2D eigenvalue weighted by molar-refractivity contribution is 7.84. The van der Waals surface area contributed by atoms with Crippen molar-refractivity contribution >= 4 is 22.5 Å². The number of amides is 1. The topological polar surface area (TPSA) is 71.1 Å². The number of pyridine rings is 1. The quantitative estimate of drug-likeness (QED) is 0.737. The second-order valence-corrected chi connectivity index (χ2v) is 5.78. The van der Waals surface area contributed by atoms with Gasteiger partial charge in [-0.2, -0.15) is 0 Å². The lowest BCUT2D eigenvalue weighted by Crippen LogP contribution is -2.25. The number of aromatic nitrogens is 1. The molecule has 1 atom stereocenters. The number of hydrogen-bond acceptors (Lipinski definition) is 4. The van der Waals surface area contributed by atoms with Gasteiger partial charge in [-0.3, -0.25) is 9.00 Å². The molecule has 0 saturated carbocycles. The van der Waals surface area contributed by atoms with Crippen molar-refractivity contribution in [3.8, 4) is 0 Å². The summed E-state index contributed by atoms with van der Waals surface area (Å²) in [6.07, 6.45) is 3.17. The van der Waals surface area contributed by atoms with E-state index in [9.17, 15) is 9.00 Å². The van der Waals surface area contributed by atoms with Gasteiger partial charge in [-0.15, -0.1) is 0 Å². The largest absolute Gasteiger partial charge is 0.373 e. The monoisotopic (exact) mass is 283 g/mol. The lowest BCUT2D eigenvalue weighted by Gasteiger charge is -2.08. The van der Waals surface area contributed by atoms with E-state index in [0.29, 0.717) is 23.7 Å². The van der Waals surface area contributed by atoms with Crippen LogP contribution in [0.2, 0.25) is 0 Å². The number of nitrogens with one attached hydrogen (secondary N) is 2. The van der Waals surface area contributed by atoms with Gasteiger partial charge in [0.15, 0.2) is 0 Å². The van der Waals surface area contributed by atoms with Crippen LogP contribution in [-0.4, -0.2) is 40.7 Å². The summed E-state index contributed by atoms with van der Waals surface area (Å²) in [7, 11) is 0.972. The minimum absolute atomic E-state index is 0.115. The van der Waals surface area contributed by atoms with Crippen LogP contribution in [0.15, 0.2) is 12.1 Å². The van der Waals surface area contributed by atoms with Crippen molar-refractivity contribution in [1.29, 1.82) is 0 Å². The maximum absolute atomic E-state index is 12.0. The van der Waals surface area contributed by atoms with Gasteiger partial charge in [0.1, 0.15) is 5.82 Å². The Balaban J connectivity index is 2.63. The minimum Gasteiger partial charge on any atom is -0.373 e. The standard InChI is InChI=1S/C13H21N3O2S/c1-4-11-8-10(9-12(14-2)16-11)13(17)15-6-5-7-19(3)18/h8-9H,4-7H2,1-3H3,(H,14,16)(H,15,17). The molecule has 19 heavy (non-hydrogen) atoms. The Bertz CT molecular complexity index is 441. The molecule has 0 saturated heterocycles. The van der Waals surface area contributed by atoms with Crippen LogP contribution in [0.1, 0.15) is 29.4 Å². The third kappa shape index (κ3) is 5.38. The van der Waals surface area contributed by atoms with Crippen LogP contribution in [0.25, 0.3) is 0 Å². The molecule has 0 spiro atoms. The van der Waals surface area contributed by atoms with Gasteiger partial charge in [0.2, 0.25) is 0 Å². The summed E-state index contributed by atoms with van der Waals surface area (Å²) in [6, 6.07) is 3.53. The first-order valence-corrected chi connectivity index (χ1v) is 8.06. The highest BCUT2D eigenvalue weighted by Crippen LogP contribution is 2.10. The molecule has 2 N–H and O–H groups in total. The van der Waals surface area contributed by atoms with Crippen LogP contribution >= 0.6 is 0 Å². The zero-order valence-electron chi connectivity index (χ0n) is 11.7. The van der Waals surface area contributed by atoms with E-state index in [1.165, 1.54) is 0 Å². The van der Waals surface area contributed by atoms with E-state index in [4.69, 9.17) is 0 Å². The molecule has 106 valence electrons. The number of aryl methyl sites for hydroxylation is 1. The Labute approximate surface area is 116 Å². The third-order valence-corrected chi connectivity index (χ3v) is 3.52. The molecule has 0 aliphatic carbocycles. The van der Waals surface area contributed by atoms with Gasteiger partial charge in [0, 0.05) is 47.7 Å². The first kappa shape index (κ1) is 15.6. The Hall–Kier alpha value is -1.43. The van der Waals surface area contributed by atoms with Gasteiger partial charge in [0.25, 0.3) is 5.91 Å². The van der Waals surface area contributed by atoms with Crippen molar-refractivity contribution in [3.05, 3.63) is 23.4 Å². The van der Waals surface area contributed by atoms with Crippen LogP contribution in [0, 0.1) is 0 Å². The molecule has 0 bridgehead atoms. The maximum Gasteiger partial charge on any atom is 0.251 e. The van der Waals surface area contributed by atoms with Crippen LogP contribution in [-0.2, 0) is 17.2 Å². The van der Waals surface area contributed by atoms with Crippen LogP contribution in [0.4, 0.5) is 5.82 Å².